The predicted molar refractivity (Wildman–Crippen MR) is 100 cm³/mol. The van der Waals surface area contributed by atoms with Crippen molar-refractivity contribution in [3.8, 4) is 0 Å². The van der Waals surface area contributed by atoms with Crippen LogP contribution in [0.3, 0.4) is 0 Å². The summed E-state index contributed by atoms with van der Waals surface area (Å²) in [5.41, 5.74) is 0.684. The monoisotopic (exact) mass is 407 g/mol. The Bertz CT molecular complexity index is 719. The fraction of sp³-hybridized carbons (Fsp3) is 0.562. The zero-order chi connectivity index (χ0) is 18.6. The minimum absolute atomic E-state index is 0.0797. The molecule has 0 aliphatic carbocycles. The molecule has 0 aromatic heterocycles. The minimum atomic E-state index is -3.54. The summed E-state index contributed by atoms with van der Waals surface area (Å²) in [7, 11) is -3.54. The van der Waals surface area contributed by atoms with E-state index in [9.17, 15) is 13.2 Å². The summed E-state index contributed by atoms with van der Waals surface area (Å²) in [5, 5.41) is 0.760. The lowest BCUT2D eigenvalue weighted by atomic mass is 10.2. The van der Waals surface area contributed by atoms with Crippen LogP contribution in [-0.4, -0.2) is 74.0 Å². The molecule has 9 heteroatoms. The number of piperazine rings is 1. The van der Waals surface area contributed by atoms with Gasteiger partial charge in [0, 0.05) is 32.7 Å². The number of sulfonamides is 1. The van der Waals surface area contributed by atoms with Gasteiger partial charge in [0.1, 0.15) is 0 Å². The zero-order valence-corrected chi connectivity index (χ0v) is 16.7. The van der Waals surface area contributed by atoms with Crippen molar-refractivity contribution in [2.75, 3.05) is 45.5 Å². The van der Waals surface area contributed by atoms with Crippen LogP contribution in [0.5, 0.6) is 0 Å². The first-order chi connectivity index (χ1) is 11.7. The van der Waals surface area contributed by atoms with Crippen molar-refractivity contribution < 1.29 is 13.2 Å². The third-order valence-corrected chi connectivity index (χ3v) is 6.23. The Hall–Kier alpha value is -0.860. The quantitative estimate of drug-likeness (QED) is 0.722. The molecule has 1 aliphatic rings. The van der Waals surface area contributed by atoms with Gasteiger partial charge in [0.15, 0.2) is 0 Å². The van der Waals surface area contributed by atoms with Crippen LogP contribution in [0.2, 0.25) is 10.0 Å². The first-order valence-corrected chi connectivity index (χ1v) is 10.7. The number of hydrogen-bond acceptors (Lipinski definition) is 4. The van der Waals surface area contributed by atoms with Gasteiger partial charge in [-0.15, -0.1) is 0 Å². The zero-order valence-electron chi connectivity index (χ0n) is 14.4. The minimum Gasteiger partial charge on any atom is -0.339 e. The molecule has 1 aromatic rings. The molecule has 1 saturated heterocycles. The van der Waals surface area contributed by atoms with E-state index >= 15 is 0 Å². The van der Waals surface area contributed by atoms with E-state index < -0.39 is 10.0 Å². The van der Waals surface area contributed by atoms with E-state index in [1.165, 1.54) is 4.31 Å². The summed E-state index contributed by atoms with van der Waals surface area (Å²) < 4.78 is 25.4. The molecule has 0 unspecified atom stereocenters. The molecule has 2 rings (SSSR count). The van der Waals surface area contributed by atoms with Crippen molar-refractivity contribution in [2.45, 2.75) is 13.5 Å². The lowest BCUT2D eigenvalue weighted by Crippen LogP contribution is -2.51. The number of carbonyl (C=O) groups is 1. The van der Waals surface area contributed by atoms with Gasteiger partial charge in [0.25, 0.3) is 0 Å². The molecule has 0 spiro atoms. The Balaban J connectivity index is 2.05. The van der Waals surface area contributed by atoms with Crippen LogP contribution in [-0.2, 0) is 21.4 Å². The average Bonchev–Trinajstić information content (AvgIpc) is 2.56. The summed E-state index contributed by atoms with van der Waals surface area (Å²) >= 11 is 11.9. The molecule has 1 fully saturated rings. The van der Waals surface area contributed by atoms with Gasteiger partial charge in [-0.1, -0.05) is 36.2 Å². The van der Waals surface area contributed by atoms with Crippen LogP contribution in [0, 0.1) is 0 Å². The molecule has 0 saturated carbocycles. The topological polar surface area (TPSA) is 60.9 Å². The van der Waals surface area contributed by atoms with E-state index in [1.54, 1.807) is 23.1 Å². The maximum absolute atomic E-state index is 12.5. The van der Waals surface area contributed by atoms with Gasteiger partial charge in [0.2, 0.25) is 15.9 Å². The highest BCUT2D eigenvalue weighted by Crippen LogP contribution is 2.23. The van der Waals surface area contributed by atoms with Crippen molar-refractivity contribution in [1.29, 1.82) is 0 Å². The molecule has 1 heterocycles. The predicted octanol–water partition coefficient (Wildman–Crippen LogP) is 1.92. The third kappa shape index (κ3) is 5.82. The fourth-order valence-electron chi connectivity index (χ4n) is 2.70. The number of amides is 1. The highest BCUT2D eigenvalue weighted by atomic mass is 35.5. The number of carbonyl (C=O) groups excluding carboxylic acids is 1. The summed E-state index contributed by atoms with van der Waals surface area (Å²) in [6, 6.07) is 4.94. The van der Waals surface area contributed by atoms with Crippen molar-refractivity contribution in [2.24, 2.45) is 0 Å². The molecule has 1 amide bonds. The second-order valence-corrected chi connectivity index (χ2v) is 8.89. The highest BCUT2D eigenvalue weighted by Gasteiger charge is 2.26. The molecular formula is C16H23Cl2N3O3S. The average molecular weight is 408 g/mol. The fourth-order valence-corrected chi connectivity index (χ4v) is 3.75. The van der Waals surface area contributed by atoms with Crippen LogP contribution >= 0.6 is 23.2 Å². The first kappa shape index (κ1) is 20.5. The first-order valence-electron chi connectivity index (χ1n) is 8.10. The van der Waals surface area contributed by atoms with E-state index in [1.807, 2.05) is 0 Å². The summed E-state index contributed by atoms with van der Waals surface area (Å²) in [5.74, 6) is -0.179. The molecule has 1 aliphatic heterocycles. The molecule has 0 bridgehead atoms. The van der Waals surface area contributed by atoms with Crippen LogP contribution in [0.15, 0.2) is 18.2 Å². The molecule has 0 atom stereocenters. The Labute approximate surface area is 159 Å². The normalized spacial score (nSPS) is 16.4. The number of rotatable bonds is 6. The van der Waals surface area contributed by atoms with Gasteiger partial charge < -0.3 is 9.80 Å². The molecule has 140 valence electrons. The van der Waals surface area contributed by atoms with E-state index in [0.717, 1.165) is 25.9 Å². The SMILES string of the molecule is CCN1CCN(C(=O)CN(Cc2ccc(Cl)c(Cl)c2)S(C)(=O)=O)CC1. The van der Waals surface area contributed by atoms with Crippen molar-refractivity contribution in [3.63, 3.8) is 0 Å². The van der Waals surface area contributed by atoms with Gasteiger partial charge in [0.05, 0.1) is 22.8 Å². The maximum Gasteiger partial charge on any atom is 0.237 e. The Morgan fingerprint density at radius 3 is 2.32 bits per heavy atom. The van der Waals surface area contributed by atoms with Gasteiger partial charge >= 0.3 is 0 Å². The molecule has 6 nitrogen and oxygen atoms in total. The number of halogens is 2. The van der Waals surface area contributed by atoms with Gasteiger partial charge in [-0.05, 0) is 24.2 Å². The number of nitrogens with zero attached hydrogens (tertiary/aromatic N) is 3. The second kappa shape index (κ2) is 8.68. The summed E-state index contributed by atoms with van der Waals surface area (Å²) in [6.45, 7) is 5.81. The second-order valence-electron chi connectivity index (χ2n) is 6.09. The van der Waals surface area contributed by atoms with Gasteiger partial charge in [-0.3, -0.25) is 4.79 Å². The van der Waals surface area contributed by atoms with Crippen LogP contribution in [0.1, 0.15) is 12.5 Å². The third-order valence-electron chi connectivity index (χ3n) is 4.30. The molecule has 1 aromatic carbocycles. The maximum atomic E-state index is 12.5. The van der Waals surface area contributed by atoms with Gasteiger partial charge in [-0.2, -0.15) is 4.31 Å². The van der Waals surface area contributed by atoms with Crippen LogP contribution in [0.25, 0.3) is 0 Å². The van der Waals surface area contributed by atoms with Crippen molar-refractivity contribution >= 4 is 39.1 Å². The lowest BCUT2D eigenvalue weighted by Gasteiger charge is -2.35. The number of benzene rings is 1. The van der Waals surface area contributed by atoms with E-state index in [-0.39, 0.29) is 19.0 Å². The van der Waals surface area contributed by atoms with E-state index in [0.29, 0.717) is 28.7 Å². The largest absolute Gasteiger partial charge is 0.339 e. The summed E-state index contributed by atoms with van der Waals surface area (Å²) in [6.07, 6.45) is 1.10. The van der Waals surface area contributed by atoms with Gasteiger partial charge in [-0.25, -0.2) is 8.42 Å². The van der Waals surface area contributed by atoms with E-state index in [4.69, 9.17) is 23.2 Å². The number of hydrogen-bond donors (Lipinski definition) is 0. The number of likely N-dealkylation sites (N-methyl/N-ethyl adjacent to an activating group) is 1. The Morgan fingerprint density at radius 2 is 1.80 bits per heavy atom. The van der Waals surface area contributed by atoms with Crippen LogP contribution < -0.4 is 0 Å². The van der Waals surface area contributed by atoms with E-state index in [2.05, 4.69) is 11.8 Å². The van der Waals surface area contributed by atoms with Crippen LogP contribution in [0.4, 0.5) is 0 Å². The Kier molecular flexibility index (Phi) is 7.10. The highest BCUT2D eigenvalue weighted by molar-refractivity contribution is 7.88. The Morgan fingerprint density at radius 1 is 1.16 bits per heavy atom. The summed E-state index contributed by atoms with van der Waals surface area (Å²) in [4.78, 5) is 16.5. The molecule has 0 N–H and O–H groups in total. The molecule has 0 radical (unpaired) electrons. The van der Waals surface area contributed by atoms with Crippen molar-refractivity contribution in [3.05, 3.63) is 33.8 Å². The van der Waals surface area contributed by atoms with Crippen molar-refractivity contribution in [1.82, 2.24) is 14.1 Å². The molecule has 25 heavy (non-hydrogen) atoms. The smallest absolute Gasteiger partial charge is 0.237 e. The molecular weight excluding hydrogens is 385 g/mol. The standard InChI is InChI=1S/C16H23Cl2N3O3S/c1-3-19-6-8-20(9-7-19)16(22)12-21(25(2,23)24)11-13-4-5-14(17)15(18)10-13/h4-5,10H,3,6-9,11-12H2,1-2H3. The lowest BCUT2D eigenvalue weighted by molar-refractivity contribution is -0.133.